The van der Waals surface area contributed by atoms with Gasteiger partial charge in [-0.2, -0.15) is 15.8 Å². The fourth-order valence-corrected chi connectivity index (χ4v) is 12.7. The van der Waals surface area contributed by atoms with E-state index in [2.05, 4.69) is 120 Å². The van der Waals surface area contributed by atoms with Crippen LogP contribution in [0.3, 0.4) is 0 Å². The lowest BCUT2D eigenvalue weighted by Gasteiger charge is -2.36. The second kappa shape index (κ2) is 12.6. The molecule has 0 aliphatic heterocycles. The third kappa shape index (κ3) is 4.72. The lowest BCUT2D eigenvalue weighted by atomic mass is 9.97. The molecule has 0 atom stereocenters. The van der Waals surface area contributed by atoms with Crippen LogP contribution in [0.4, 0.5) is 0 Å². The maximum Gasteiger partial charge on any atom is 0.181 e. The van der Waals surface area contributed by atoms with Gasteiger partial charge in [0, 0.05) is 22.0 Å². The van der Waals surface area contributed by atoms with Gasteiger partial charge in [-0.25, -0.2) is 0 Å². The Balaban J connectivity index is 1.50. The molecule has 0 aliphatic rings. The summed E-state index contributed by atoms with van der Waals surface area (Å²) in [5, 5.41) is 37.6. The van der Waals surface area contributed by atoms with Gasteiger partial charge in [-0.05, 0) is 74.8 Å². The molecule has 8 rings (SSSR count). The molecule has 0 fully saturated rings. The molecule has 7 aromatic carbocycles. The van der Waals surface area contributed by atoms with E-state index in [4.69, 9.17) is 0 Å². The predicted octanol–water partition coefficient (Wildman–Crippen LogP) is 7.44. The molecular formula is C45H28N4Si. The third-order valence-corrected chi connectivity index (χ3v) is 14.5. The van der Waals surface area contributed by atoms with Crippen LogP contribution in [0.2, 0.25) is 0 Å². The Morgan fingerprint density at radius 3 is 1.60 bits per heavy atom. The van der Waals surface area contributed by atoms with E-state index in [-0.39, 0.29) is 0 Å². The molecule has 0 saturated carbocycles. The summed E-state index contributed by atoms with van der Waals surface area (Å²) in [5.41, 5.74) is 6.18. The van der Waals surface area contributed by atoms with Crippen molar-refractivity contribution >= 4 is 50.6 Å². The summed E-state index contributed by atoms with van der Waals surface area (Å²) < 4.78 is 2.20. The van der Waals surface area contributed by atoms with Crippen LogP contribution in [-0.4, -0.2) is 12.6 Å². The minimum atomic E-state index is -3.18. The number of nitriles is 3. The highest BCUT2D eigenvalue weighted by Gasteiger charge is 2.44. The maximum absolute atomic E-state index is 10.9. The molecule has 0 radical (unpaired) electrons. The smallest absolute Gasteiger partial charge is 0.181 e. The first-order chi connectivity index (χ1) is 24.7. The second-order valence-corrected chi connectivity index (χ2v) is 16.0. The lowest BCUT2D eigenvalue weighted by molar-refractivity contribution is 1.18. The molecular weight excluding hydrogens is 625 g/mol. The van der Waals surface area contributed by atoms with Gasteiger partial charge in [0.05, 0.1) is 45.9 Å². The van der Waals surface area contributed by atoms with Gasteiger partial charge in [0.2, 0.25) is 0 Å². The molecule has 0 N–H and O–H groups in total. The Kier molecular flexibility index (Phi) is 7.63. The number of benzene rings is 7. The van der Waals surface area contributed by atoms with Gasteiger partial charge < -0.3 is 4.57 Å². The van der Waals surface area contributed by atoms with E-state index in [1.807, 2.05) is 72.8 Å². The van der Waals surface area contributed by atoms with Crippen LogP contribution in [0.25, 0.3) is 38.6 Å². The average Bonchev–Trinajstić information content (AvgIpc) is 3.53. The summed E-state index contributed by atoms with van der Waals surface area (Å²) in [6.45, 7) is 0. The van der Waals surface area contributed by atoms with Crippen LogP contribution in [-0.2, 0) is 0 Å². The van der Waals surface area contributed by atoms with Gasteiger partial charge in [0.25, 0.3) is 0 Å². The first kappa shape index (κ1) is 30.4. The Morgan fingerprint density at radius 2 is 1.00 bits per heavy atom. The van der Waals surface area contributed by atoms with Gasteiger partial charge in [-0.3, -0.25) is 0 Å². The second-order valence-electron chi connectivity index (χ2n) is 12.2. The number of rotatable bonds is 6. The molecule has 0 unspecified atom stereocenters. The summed E-state index contributed by atoms with van der Waals surface area (Å²) in [7, 11) is -3.18. The minimum absolute atomic E-state index is 0.523. The van der Waals surface area contributed by atoms with E-state index in [0.717, 1.165) is 59.4 Å². The molecule has 0 amide bonds. The monoisotopic (exact) mass is 652 g/mol. The van der Waals surface area contributed by atoms with Crippen LogP contribution in [0.1, 0.15) is 16.7 Å². The molecule has 8 aromatic rings. The molecule has 0 aliphatic carbocycles. The number of fused-ring (bicyclic) bond motifs is 3. The highest BCUT2D eigenvalue weighted by atomic mass is 28.3. The van der Waals surface area contributed by atoms with Crippen LogP contribution in [0, 0.1) is 34.0 Å². The van der Waals surface area contributed by atoms with E-state index in [1.165, 1.54) is 0 Å². The maximum atomic E-state index is 10.9. The number of hydrogen-bond acceptors (Lipinski definition) is 3. The summed E-state index contributed by atoms with van der Waals surface area (Å²) in [6, 6.07) is 64.7. The first-order valence-corrected chi connectivity index (χ1v) is 18.4. The highest BCUT2D eigenvalue weighted by molar-refractivity contribution is 7.20. The molecule has 50 heavy (non-hydrogen) atoms. The SMILES string of the molecule is N#Cc1ccc2c(c1)c1ccccc1n2-c1ccc(C#N)c(-c2cccc(C#N)c2[Si](c2ccccc2)(c2ccccc2)c2ccccc2)c1. The van der Waals surface area contributed by atoms with Crippen LogP contribution in [0.5, 0.6) is 0 Å². The van der Waals surface area contributed by atoms with Gasteiger partial charge in [0.15, 0.2) is 8.07 Å². The fraction of sp³-hybridized carbons (Fsp3) is 0. The first-order valence-electron chi connectivity index (χ1n) is 16.4. The van der Waals surface area contributed by atoms with E-state index in [9.17, 15) is 15.8 Å². The zero-order valence-electron chi connectivity index (χ0n) is 27.0. The van der Waals surface area contributed by atoms with Crippen molar-refractivity contribution in [2.45, 2.75) is 0 Å². The quantitative estimate of drug-likeness (QED) is 0.138. The highest BCUT2D eigenvalue weighted by Crippen LogP contribution is 2.35. The molecule has 5 heteroatoms. The van der Waals surface area contributed by atoms with Crippen molar-refractivity contribution in [3.63, 3.8) is 0 Å². The average molecular weight is 653 g/mol. The van der Waals surface area contributed by atoms with Gasteiger partial charge in [0.1, 0.15) is 0 Å². The standard InChI is InChI=1S/C45H28N4Si/c46-29-32-23-26-44-42(27-32)39-20-10-11-22-43(39)49(44)35-25-24-33(30-47)41(28-35)40-21-12-13-34(31-48)45(40)50(36-14-4-1-5-15-36,37-16-6-2-7-17-37)38-18-8-3-9-19-38/h1-28H. The molecule has 232 valence electrons. The Hall–Kier alpha value is -6.97. The molecule has 1 aromatic heterocycles. The van der Waals surface area contributed by atoms with Crippen molar-refractivity contribution in [3.8, 4) is 35.0 Å². The molecule has 0 bridgehead atoms. The largest absolute Gasteiger partial charge is 0.309 e. The molecule has 0 spiro atoms. The Labute approximate surface area is 291 Å². The van der Waals surface area contributed by atoms with E-state index < -0.39 is 8.07 Å². The van der Waals surface area contributed by atoms with E-state index in [1.54, 1.807) is 0 Å². The van der Waals surface area contributed by atoms with Crippen molar-refractivity contribution < 1.29 is 0 Å². The van der Waals surface area contributed by atoms with Gasteiger partial charge in [-0.15, -0.1) is 0 Å². The van der Waals surface area contributed by atoms with E-state index >= 15 is 0 Å². The van der Waals surface area contributed by atoms with E-state index in [0.29, 0.717) is 16.7 Å². The third-order valence-electron chi connectivity index (χ3n) is 9.65. The van der Waals surface area contributed by atoms with Crippen molar-refractivity contribution in [2.24, 2.45) is 0 Å². The van der Waals surface area contributed by atoms with Crippen LogP contribution < -0.4 is 20.7 Å². The van der Waals surface area contributed by atoms with Gasteiger partial charge in [-0.1, -0.05) is 121 Å². The zero-order valence-corrected chi connectivity index (χ0v) is 28.0. The molecule has 1 heterocycles. The number of aromatic nitrogens is 1. The number of para-hydroxylation sites is 1. The zero-order chi connectivity index (χ0) is 34.1. The summed E-state index contributed by atoms with van der Waals surface area (Å²) in [6.07, 6.45) is 0. The van der Waals surface area contributed by atoms with Gasteiger partial charge >= 0.3 is 0 Å². The molecule has 4 nitrogen and oxygen atoms in total. The lowest BCUT2D eigenvalue weighted by Crippen LogP contribution is -2.75. The van der Waals surface area contributed by atoms with Crippen molar-refractivity contribution in [1.29, 1.82) is 15.8 Å². The summed E-state index contributed by atoms with van der Waals surface area (Å²) >= 11 is 0. The van der Waals surface area contributed by atoms with Crippen LogP contribution in [0.15, 0.2) is 170 Å². The van der Waals surface area contributed by atoms with Crippen molar-refractivity contribution in [1.82, 2.24) is 4.57 Å². The summed E-state index contributed by atoms with van der Waals surface area (Å²) in [4.78, 5) is 0. The van der Waals surface area contributed by atoms with Crippen molar-refractivity contribution in [3.05, 3.63) is 187 Å². The fourth-order valence-electron chi connectivity index (χ4n) is 7.58. The topological polar surface area (TPSA) is 76.3 Å². The molecule has 0 saturated heterocycles. The predicted molar refractivity (Wildman–Crippen MR) is 204 cm³/mol. The Morgan fingerprint density at radius 1 is 0.420 bits per heavy atom. The number of hydrogen-bond donors (Lipinski definition) is 0. The summed E-state index contributed by atoms with van der Waals surface area (Å²) in [5.74, 6) is 0. The Bertz CT molecular complexity index is 2580. The minimum Gasteiger partial charge on any atom is -0.309 e. The number of nitrogens with zero attached hydrogens (tertiary/aromatic N) is 4. The normalized spacial score (nSPS) is 11.1. The van der Waals surface area contributed by atoms with Crippen LogP contribution >= 0.6 is 0 Å². The van der Waals surface area contributed by atoms with Crippen molar-refractivity contribution in [2.75, 3.05) is 0 Å².